The Morgan fingerprint density at radius 3 is 2.75 bits per heavy atom. The van der Waals surface area contributed by atoms with E-state index in [9.17, 15) is 5.11 Å². The lowest BCUT2D eigenvalue weighted by molar-refractivity contribution is 0.185. The first-order valence-corrected chi connectivity index (χ1v) is 5.53. The van der Waals surface area contributed by atoms with Crippen LogP contribution in [0.2, 0.25) is 0 Å². The van der Waals surface area contributed by atoms with Gasteiger partial charge < -0.3 is 5.11 Å². The summed E-state index contributed by atoms with van der Waals surface area (Å²) in [6.45, 7) is 1.81. The first kappa shape index (κ1) is 10.9. The van der Waals surface area contributed by atoms with Crippen LogP contribution in [0.1, 0.15) is 18.9 Å². The van der Waals surface area contributed by atoms with E-state index in [2.05, 4.69) is 22.3 Å². The second kappa shape index (κ2) is 4.94. The Kier molecular flexibility index (Phi) is 3.37. The molecule has 1 aromatic carbocycles. The molecule has 84 valence electrons. The number of nitrogens with zero attached hydrogens (tertiary/aromatic N) is 1. The standard InChI is InChI=1S/C13H16N2O/c1-10(16)7-8-12-9-14-15-13(12)11-5-3-2-4-6-11/h2-6,9-10,16H,7-8H2,1H3,(H,14,15). The summed E-state index contributed by atoms with van der Waals surface area (Å²) in [5.41, 5.74) is 3.36. The van der Waals surface area contributed by atoms with Crippen LogP contribution in [0.15, 0.2) is 36.5 Å². The molecule has 0 aliphatic rings. The van der Waals surface area contributed by atoms with Gasteiger partial charge in [0.05, 0.1) is 18.0 Å². The van der Waals surface area contributed by atoms with Gasteiger partial charge in [0.15, 0.2) is 0 Å². The number of nitrogens with one attached hydrogen (secondary N) is 1. The van der Waals surface area contributed by atoms with Crippen molar-refractivity contribution < 1.29 is 5.11 Å². The number of benzene rings is 1. The molecule has 1 heterocycles. The van der Waals surface area contributed by atoms with Crippen LogP contribution in [0.5, 0.6) is 0 Å². The van der Waals surface area contributed by atoms with Crippen LogP contribution in [0.4, 0.5) is 0 Å². The van der Waals surface area contributed by atoms with Gasteiger partial charge in [-0.15, -0.1) is 0 Å². The molecule has 0 aliphatic heterocycles. The second-order valence-electron chi connectivity index (χ2n) is 4.02. The summed E-state index contributed by atoms with van der Waals surface area (Å²) in [6, 6.07) is 10.1. The molecule has 2 N–H and O–H groups in total. The smallest absolute Gasteiger partial charge is 0.0682 e. The molecule has 1 atom stereocenters. The van der Waals surface area contributed by atoms with Gasteiger partial charge in [0.1, 0.15) is 0 Å². The Morgan fingerprint density at radius 1 is 1.31 bits per heavy atom. The monoisotopic (exact) mass is 216 g/mol. The number of rotatable bonds is 4. The van der Waals surface area contributed by atoms with Gasteiger partial charge in [0.25, 0.3) is 0 Å². The quantitative estimate of drug-likeness (QED) is 0.824. The van der Waals surface area contributed by atoms with Crippen molar-refractivity contribution in [3.05, 3.63) is 42.1 Å². The number of aliphatic hydroxyl groups is 1. The second-order valence-corrected chi connectivity index (χ2v) is 4.02. The predicted octanol–water partition coefficient (Wildman–Crippen LogP) is 2.39. The minimum absolute atomic E-state index is 0.265. The molecule has 0 bridgehead atoms. The minimum Gasteiger partial charge on any atom is -0.393 e. The summed E-state index contributed by atoms with van der Waals surface area (Å²) < 4.78 is 0. The molecule has 0 saturated heterocycles. The van der Waals surface area contributed by atoms with Crippen molar-refractivity contribution in [1.29, 1.82) is 0 Å². The maximum atomic E-state index is 9.28. The maximum Gasteiger partial charge on any atom is 0.0682 e. The highest BCUT2D eigenvalue weighted by Gasteiger charge is 2.07. The summed E-state index contributed by atoms with van der Waals surface area (Å²) in [6.07, 6.45) is 3.18. The van der Waals surface area contributed by atoms with E-state index in [4.69, 9.17) is 0 Å². The van der Waals surface area contributed by atoms with Gasteiger partial charge in [-0.2, -0.15) is 5.10 Å². The van der Waals surface area contributed by atoms with Gasteiger partial charge in [-0.25, -0.2) is 0 Å². The van der Waals surface area contributed by atoms with Crippen LogP contribution < -0.4 is 0 Å². The molecule has 0 saturated carbocycles. The highest BCUT2D eigenvalue weighted by molar-refractivity contribution is 5.62. The molecule has 16 heavy (non-hydrogen) atoms. The average Bonchev–Trinajstić information content (AvgIpc) is 2.75. The third-order valence-electron chi connectivity index (χ3n) is 2.61. The van der Waals surface area contributed by atoms with E-state index in [1.165, 1.54) is 0 Å². The van der Waals surface area contributed by atoms with E-state index in [1.807, 2.05) is 31.3 Å². The van der Waals surface area contributed by atoms with Gasteiger partial charge in [-0.05, 0) is 30.9 Å². The van der Waals surface area contributed by atoms with Crippen LogP contribution in [-0.2, 0) is 6.42 Å². The van der Waals surface area contributed by atoms with Crippen molar-refractivity contribution >= 4 is 0 Å². The molecule has 2 aromatic rings. The zero-order valence-electron chi connectivity index (χ0n) is 9.35. The van der Waals surface area contributed by atoms with Crippen molar-refractivity contribution in [3.8, 4) is 11.3 Å². The SMILES string of the molecule is CC(O)CCc1cn[nH]c1-c1ccccc1. The third kappa shape index (κ3) is 2.49. The minimum atomic E-state index is -0.265. The van der Waals surface area contributed by atoms with Gasteiger partial charge in [0.2, 0.25) is 0 Å². The number of H-pyrrole nitrogens is 1. The van der Waals surface area contributed by atoms with Crippen molar-refractivity contribution in [2.24, 2.45) is 0 Å². The molecule has 0 radical (unpaired) electrons. The molecule has 0 spiro atoms. The number of hydrogen-bond donors (Lipinski definition) is 2. The van der Waals surface area contributed by atoms with Crippen molar-refractivity contribution in [3.63, 3.8) is 0 Å². The summed E-state index contributed by atoms with van der Waals surface area (Å²) in [5, 5.41) is 16.4. The Balaban J connectivity index is 2.19. The summed E-state index contributed by atoms with van der Waals surface area (Å²) in [7, 11) is 0. The molecule has 0 amide bonds. The fraction of sp³-hybridized carbons (Fsp3) is 0.308. The number of hydrogen-bond acceptors (Lipinski definition) is 2. The fourth-order valence-corrected chi connectivity index (χ4v) is 1.72. The first-order chi connectivity index (χ1) is 7.77. The van der Waals surface area contributed by atoms with Gasteiger partial charge in [-0.1, -0.05) is 30.3 Å². The molecule has 1 unspecified atom stereocenters. The van der Waals surface area contributed by atoms with Gasteiger partial charge in [-0.3, -0.25) is 5.10 Å². The summed E-state index contributed by atoms with van der Waals surface area (Å²) in [5.74, 6) is 0. The number of aryl methyl sites for hydroxylation is 1. The largest absolute Gasteiger partial charge is 0.393 e. The van der Waals surface area contributed by atoms with Crippen LogP contribution >= 0.6 is 0 Å². The van der Waals surface area contributed by atoms with E-state index in [-0.39, 0.29) is 6.10 Å². The van der Waals surface area contributed by atoms with Crippen LogP contribution in [-0.4, -0.2) is 21.4 Å². The fourth-order valence-electron chi connectivity index (χ4n) is 1.72. The van der Waals surface area contributed by atoms with E-state index < -0.39 is 0 Å². The highest BCUT2D eigenvalue weighted by Crippen LogP contribution is 2.21. The normalized spacial score (nSPS) is 12.6. The number of aliphatic hydroxyl groups excluding tert-OH is 1. The Morgan fingerprint density at radius 2 is 2.06 bits per heavy atom. The van der Waals surface area contributed by atoms with E-state index in [0.717, 1.165) is 29.7 Å². The van der Waals surface area contributed by atoms with E-state index >= 15 is 0 Å². The van der Waals surface area contributed by atoms with Crippen molar-refractivity contribution in [2.75, 3.05) is 0 Å². The van der Waals surface area contributed by atoms with Crippen LogP contribution in [0.25, 0.3) is 11.3 Å². The first-order valence-electron chi connectivity index (χ1n) is 5.53. The Bertz CT molecular complexity index is 434. The highest BCUT2D eigenvalue weighted by atomic mass is 16.3. The molecule has 0 aliphatic carbocycles. The molecule has 2 rings (SSSR count). The van der Waals surface area contributed by atoms with Crippen molar-refractivity contribution in [2.45, 2.75) is 25.9 Å². The average molecular weight is 216 g/mol. The van der Waals surface area contributed by atoms with E-state index in [0.29, 0.717) is 0 Å². The summed E-state index contributed by atoms with van der Waals surface area (Å²) >= 11 is 0. The Labute approximate surface area is 95.1 Å². The van der Waals surface area contributed by atoms with Crippen molar-refractivity contribution in [1.82, 2.24) is 10.2 Å². The lowest BCUT2D eigenvalue weighted by atomic mass is 10.0. The molecule has 0 fully saturated rings. The molecule has 3 heteroatoms. The maximum absolute atomic E-state index is 9.28. The molecule has 1 aromatic heterocycles. The number of aromatic amines is 1. The Hall–Kier alpha value is -1.61. The zero-order chi connectivity index (χ0) is 11.4. The topological polar surface area (TPSA) is 48.9 Å². The van der Waals surface area contributed by atoms with Gasteiger partial charge >= 0.3 is 0 Å². The lowest BCUT2D eigenvalue weighted by Gasteiger charge is -2.05. The molecular formula is C13H16N2O. The molecular weight excluding hydrogens is 200 g/mol. The summed E-state index contributed by atoms with van der Waals surface area (Å²) in [4.78, 5) is 0. The van der Waals surface area contributed by atoms with Gasteiger partial charge in [0, 0.05) is 0 Å². The van der Waals surface area contributed by atoms with Crippen LogP contribution in [0.3, 0.4) is 0 Å². The zero-order valence-corrected chi connectivity index (χ0v) is 9.35. The van der Waals surface area contributed by atoms with E-state index in [1.54, 1.807) is 0 Å². The lowest BCUT2D eigenvalue weighted by Crippen LogP contribution is -2.01. The predicted molar refractivity (Wildman–Crippen MR) is 64.0 cm³/mol. The van der Waals surface area contributed by atoms with Crippen LogP contribution in [0, 0.1) is 0 Å². The molecule has 3 nitrogen and oxygen atoms in total. The number of aromatic nitrogens is 2. The third-order valence-corrected chi connectivity index (χ3v) is 2.61.